The van der Waals surface area contributed by atoms with Crippen molar-refractivity contribution in [1.29, 1.82) is 0 Å². The number of rotatable bonds is 1. The summed E-state index contributed by atoms with van der Waals surface area (Å²) < 4.78 is 1.60. The van der Waals surface area contributed by atoms with Crippen molar-refractivity contribution in [2.75, 3.05) is 0 Å². The third kappa shape index (κ3) is 1.44. The molecule has 0 aliphatic rings. The highest BCUT2D eigenvalue weighted by molar-refractivity contribution is 6.29. The van der Waals surface area contributed by atoms with Crippen molar-refractivity contribution in [2.45, 2.75) is 19.4 Å². The molecule has 0 atom stereocenters. The van der Waals surface area contributed by atoms with E-state index in [1.54, 1.807) is 24.3 Å². The molecule has 5 nitrogen and oxygen atoms in total. The summed E-state index contributed by atoms with van der Waals surface area (Å²) in [4.78, 5) is 3.89. The Labute approximate surface area is 85.4 Å². The smallest absolute Gasteiger partial charge is 0.170 e. The van der Waals surface area contributed by atoms with Gasteiger partial charge >= 0.3 is 0 Å². The molecule has 0 saturated heterocycles. The maximum Gasteiger partial charge on any atom is 0.170 e. The second-order valence-electron chi connectivity index (χ2n) is 3.52. The number of aromatic nitrogens is 4. The Kier molecular flexibility index (Phi) is 1.94. The Balaban J connectivity index is 2.70. The van der Waals surface area contributed by atoms with Crippen molar-refractivity contribution in [3.63, 3.8) is 0 Å². The van der Waals surface area contributed by atoms with Crippen molar-refractivity contribution in [2.24, 2.45) is 0 Å². The Bertz CT molecular complexity index is 474. The van der Waals surface area contributed by atoms with E-state index in [0.717, 1.165) is 0 Å². The Morgan fingerprint density at radius 3 is 2.79 bits per heavy atom. The minimum atomic E-state index is -1.05. The van der Waals surface area contributed by atoms with Gasteiger partial charge in [0, 0.05) is 6.07 Å². The topological polar surface area (TPSA) is 63.3 Å². The Morgan fingerprint density at radius 1 is 1.43 bits per heavy atom. The normalized spacial score (nSPS) is 12.3. The number of fused-ring (bicyclic) bond motifs is 1. The highest BCUT2D eigenvalue weighted by atomic mass is 35.5. The van der Waals surface area contributed by atoms with Crippen LogP contribution in [0.25, 0.3) is 5.65 Å². The fourth-order valence-electron chi connectivity index (χ4n) is 1.19. The van der Waals surface area contributed by atoms with E-state index in [-0.39, 0.29) is 0 Å². The van der Waals surface area contributed by atoms with Crippen LogP contribution in [-0.2, 0) is 5.60 Å². The zero-order valence-corrected chi connectivity index (χ0v) is 8.52. The number of aliphatic hydroxyl groups is 1. The highest BCUT2D eigenvalue weighted by Gasteiger charge is 2.22. The van der Waals surface area contributed by atoms with Crippen LogP contribution in [0, 0.1) is 0 Å². The Hall–Kier alpha value is -1.20. The van der Waals surface area contributed by atoms with Crippen molar-refractivity contribution in [1.82, 2.24) is 19.6 Å². The number of hydrogen-bond donors (Lipinski definition) is 1. The molecule has 2 heterocycles. The summed E-state index contributed by atoms with van der Waals surface area (Å²) in [5.74, 6) is 0.441. The van der Waals surface area contributed by atoms with E-state index in [0.29, 0.717) is 16.6 Å². The molecule has 0 radical (unpaired) electrons. The van der Waals surface area contributed by atoms with Crippen molar-refractivity contribution in [3.8, 4) is 0 Å². The molecule has 0 saturated carbocycles. The van der Waals surface area contributed by atoms with Crippen molar-refractivity contribution < 1.29 is 5.11 Å². The average molecular weight is 213 g/mol. The Morgan fingerprint density at radius 2 is 2.14 bits per heavy atom. The molecule has 0 fully saturated rings. The molecule has 0 spiro atoms. The van der Waals surface area contributed by atoms with Gasteiger partial charge in [0.15, 0.2) is 11.5 Å². The van der Waals surface area contributed by atoms with E-state index in [1.807, 2.05) is 0 Å². The second-order valence-corrected chi connectivity index (χ2v) is 3.91. The second kappa shape index (κ2) is 2.90. The third-order valence-corrected chi connectivity index (χ3v) is 2.02. The van der Waals surface area contributed by atoms with Gasteiger partial charge in [0.1, 0.15) is 17.1 Å². The van der Waals surface area contributed by atoms with Gasteiger partial charge in [-0.25, -0.2) is 4.98 Å². The van der Waals surface area contributed by atoms with Gasteiger partial charge < -0.3 is 5.11 Å². The van der Waals surface area contributed by atoms with Gasteiger partial charge in [0.05, 0.1) is 0 Å². The lowest BCUT2D eigenvalue weighted by atomic mass is 10.1. The van der Waals surface area contributed by atoms with Crippen LogP contribution < -0.4 is 0 Å². The molecule has 0 aliphatic carbocycles. The fourth-order valence-corrected chi connectivity index (χ4v) is 1.33. The first kappa shape index (κ1) is 9.36. The zero-order valence-electron chi connectivity index (χ0n) is 7.77. The lowest BCUT2D eigenvalue weighted by molar-refractivity contribution is 0.0675. The van der Waals surface area contributed by atoms with Gasteiger partial charge in [-0.1, -0.05) is 11.6 Å². The van der Waals surface area contributed by atoms with Crippen LogP contribution in [0.3, 0.4) is 0 Å². The van der Waals surface area contributed by atoms with E-state index in [9.17, 15) is 5.11 Å². The first-order valence-corrected chi connectivity index (χ1v) is 4.45. The summed E-state index contributed by atoms with van der Waals surface area (Å²) in [5.41, 5.74) is -0.475. The molecule has 2 aromatic rings. The van der Waals surface area contributed by atoms with E-state index < -0.39 is 5.60 Å². The lowest BCUT2D eigenvalue weighted by Gasteiger charge is -2.13. The number of nitrogens with zero attached hydrogens (tertiary/aromatic N) is 4. The van der Waals surface area contributed by atoms with E-state index >= 15 is 0 Å². The summed E-state index contributed by atoms with van der Waals surface area (Å²) in [7, 11) is 0. The molecule has 6 heteroatoms. The zero-order chi connectivity index (χ0) is 10.3. The molecule has 0 amide bonds. The predicted molar refractivity (Wildman–Crippen MR) is 51.0 cm³/mol. The van der Waals surface area contributed by atoms with Gasteiger partial charge in [0.25, 0.3) is 0 Å². The van der Waals surface area contributed by atoms with Gasteiger partial charge in [0.2, 0.25) is 0 Å². The monoisotopic (exact) mass is 212 g/mol. The summed E-state index contributed by atoms with van der Waals surface area (Å²) in [6.07, 6.45) is 1.49. The molecular weight excluding hydrogens is 204 g/mol. The van der Waals surface area contributed by atoms with Gasteiger partial charge in [-0.05, 0) is 13.8 Å². The summed E-state index contributed by atoms with van der Waals surface area (Å²) in [5, 5.41) is 17.9. The third-order valence-electron chi connectivity index (χ3n) is 1.81. The van der Waals surface area contributed by atoms with E-state index in [2.05, 4.69) is 15.2 Å². The molecule has 74 valence electrons. The van der Waals surface area contributed by atoms with Crippen LogP contribution in [0.15, 0.2) is 12.4 Å². The molecule has 2 aromatic heterocycles. The van der Waals surface area contributed by atoms with Crippen LogP contribution in [0.2, 0.25) is 5.15 Å². The SMILES string of the molecule is CC(C)(O)c1nnc2cc(Cl)ncn12. The van der Waals surface area contributed by atoms with Gasteiger partial charge in [-0.2, -0.15) is 0 Å². The van der Waals surface area contributed by atoms with Crippen molar-refractivity contribution in [3.05, 3.63) is 23.4 Å². The quantitative estimate of drug-likeness (QED) is 0.717. The molecule has 2 rings (SSSR count). The van der Waals surface area contributed by atoms with Gasteiger partial charge in [-0.3, -0.25) is 4.40 Å². The molecule has 0 aromatic carbocycles. The maximum atomic E-state index is 9.76. The standard InChI is InChI=1S/C8H9ClN4O/c1-8(2,14)7-12-11-6-3-5(9)10-4-13(6)7/h3-4,14H,1-2H3. The van der Waals surface area contributed by atoms with Crippen LogP contribution in [-0.4, -0.2) is 24.7 Å². The summed E-state index contributed by atoms with van der Waals surface area (Å²) in [6, 6.07) is 1.59. The predicted octanol–water partition coefficient (Wildman–Crippen LogP) is 1.01. The molecule has 14 heavy (non-hydrogen) atoms. The molecule has 0 unspecified atom stereocenters. The molecular formula is C8H9ClN4O. The minimum Gasteiger partial charge on any atom is -0.382 e. The van der Waals surface area contributed by atoms with Crippen molar-refractivity contribution >= 4 is 17.2 Å². The lowest BCUT2D eigenvalue weighted by Crippen LogP contribution is -2.19. The summed E-state index contributed by atoms with van der Waals surface area (Å²) in [6.45, 7) is 3.27. The van der Waals surface area contributed by atoms with Crippen LogP contribution in [0.4, 0.5) is 0 Å². The van der Waals surface area contributed by atoms with Crippen LogP contribution >= 0.6 is 11.6 Å². The average Bonchev–Trinajstić information content (AvgIpc) is 2.45. The first-order valence-electron chi connectivity index (χ1n) is 4.07. The summed E-state index contributed by atoms with van der Waals surface area (Å²) >= 11 is 5.69. The van der Waals surface area contributed by atoms with Crippen LogP contribution in [0.1, 0.15) is 19.7 Å². The highest BCUT2D eigenvalue weighted by Crippen LogP contribution is 2.18. The van der Waals surface area contributed by atoms with E-state index in [4.69, 9.17) is 11.6 Å². The minimum absolute atomic E-state index is 0.354. The first-order chi connectivity index (χ1) is 6.48. The molecule has 1 N–H and O–H groups in total. The molecule has 0 bridgehead atoms. The fraction of sp³-hybridized carbons (Fsp3) is 0.375. The maximum absolute atomic E-state index is 9.76. The van der Waals surface area contributed by atoms with Gasteiger partial charge in [-0.15, -0.1) is 10.2 Å². The van der Waals surface area contributed by atoms with E-state index in [1.165, 1.54) is 6.33 Å². The number of halogens is 1. The molecule has 0 aliphatic heterocycles. The largest absolute Gasteiger partial charge is 0.382 e. The number of hydrogen-bond acceptors (Lipinski definition) is 4. The van der Waals surface area contributed by atoms with Crippen LogP contribution in [0.5, 0.6) is 0 Å².